The van der Waals surface area contributed by atoms with E-state index >= 15 is 0 Å². The lowest BCUT2D eigenvalue weighted by molar-refractivity contribution is 0.0619. The summed E-state index contributed by atoms with van der Waals surface area (Å²) in [5, 5.41) is 0.602. The number of pyridine rings is 1. The molecule has 0 spiro atoms. The van der Waals surface area contributed by atoms with Crippen molar-refractivity contribution in [2.45, 2.75) is 18.4 Å². The van der Waals surface area contributed by atoms with Crippen LogP contribution in [0.3, 0.4) is 0 Å². The number of nitrogens with one attached hydrogen (secondary N) is 1. The van der Waals surface area contributed by atoms with Crippen molar-refractivity contribution in [2.75, 3.05) is 30.9 Å². The van der Waals surface area contributed by atoms with E-state index in [9.17, 15) is 18.0 Å². The Morgan fingerprint density at radius 3 is 2.24 bits per heavy atom. The fraction of sp³-hybridized carbons (Fsp3) is 0.241. The second kappa shape index (κ2) is 10.4. The zero-order valence-corrected chi connectivity index (χ0v) is 22.2. The molecule has 5 rings (SSSR count). The van der Waals surface area contributed by atoms with Crippen molar-refractivity contribution < 1.29 is 13.2 Å². The molecule has 3 aromatic carbocycles. The molecule has 0 unspecified atom stereocenters. The average Bonchev–Trinajstić information content (AvgIpc) is 2.92. The van der Waals surface area contributed by atoms with Crippen LogP contribution in [0.2, 0.25) is 0 Å². The van der Waals surface area contributed by atoms with Gasteiger partial charge in [-0.3, -0.25) is 19.2 Å². The lowest BCUT2D eigenvalue weighted by Gasteiger charge is -2.35. The first kappa shape index (κ1) is 25.7. The molecule has 0 radical (unpaired) electrons. The topological polar surface area (TPSA) is 91.7 Å². The smallest absolute Gasteiger partial charge is 0.270 e. The summed E-state index contributed by atoms with van der Waals surface area (Å²) in [5.74, 6) is -0.139. The highest BCUT2D eigenvalue weighted by Crippen LogP contribution is 2.19. The molecule has 0 aliphatic carbocycles. The van der Waals surface area contributed by atoms with E-state index in [4.69, 9.17) is 0 Å². The van der Waals surface area contributed by atoms with Gasteiger partial charge in [-0.05, 0) is 48.9 Å². The van der Waals surface area contributed by atoms with E-state index in [0.717, 1.165) is 16.6 Å². The van der Waals surface area contributed by atoms with Crippen molar-refractivity contribution in [3.63, 3.8) is 0 Å². The maximum atomic E-state index is 13.2. The number of rotatable bonds is 6. The SMILES string of the molecule is Cc1ccc(S(=O)(=O)Nc2ccc(CN3CCN(C(=O)c4cc(=O)c5ccccc5n4C)CC3)cc2)cc1. The van der Waals surface area contributed by atoms with E-state index in [2.05, 4.69) is 9.62 Å². The first-order valence-corrected chi connectivity index (χ1v) is 14.0. The van der Waals surface area contributed by atoms with E-state index in [1.807, 2.05) is 44.3 Å². The van der Waals surface area contributed by atoms with Crippen LogP contribution >= 0.6 is 0 Å². The third-order valence-electron chi connectivity index (χ3n) is 6.98. The van der Waals surface area contributed by atoms with E-state index in [0.29, 0.717) is 49.5 Å². The Morgan fingerprint density at radius 2 is 1.55 bits per heavy atom. The van der Waals surface area contributed by atoms with Crippen molar-refractivity contribution in [1.82, 2.24) is 14.4 Å². The molecular weight excluding hydrogens is 500 g/mol. The summed E-state index contributed by atoms with van der Waals surface area (Å²) in [5.41, 5.74) is 3.55. The molecule has 0 saturated carbocycles. The number of carbonyl (C=O) groups excluding carboxylic acids is 1. The van der Waals surface area contributed by atoms with Gasteiger partial charge in [0.2, 0.25) is 0 Å². The van der Waals surface area contributed by atoms with E-state index in [1.54, 1.807) is 51.9 Å². The highest BCUT2D eigenvalue weighted by Gasteiger charge is 2.24. The maximum Gasteiger partial charge on any atom is 0.270 e. The number of piperazine rings is 1. The minimum Gasteiger partial charge on any atom is -0.339 e. The van der Waals surface area contributed by atoms with E-state index in [1.165, 1.54) is 6.07 Å². The molecule has 1 N–H and O–H groups in total. The zero-order chi connectivity index (χ0) is 26.9. The number of aryl methyl sites for hydroxylation is 2. The van der Waals surface area contributed by atoms with Crippen LogP contribution in [0, 0.1) is 6.92 Å². The molecular formula is C29H30N4O4S. The molecule has 38 heavy (non-hydrogen) atoms. The lowest BCUT2D eigenvalue weighted by Crippen LogP contribution is -2.48. The summed E-state index contributed by atoms with van der Waals surface area (Å²) in [6.07, 6.45) is 0. The third kappa shape index (κ3) is 5.34. The van der Waals surface area contributed by atoms with Gasteiger partial charge in [0.05, 0.1) is 10.4 Å². The minimum atomic E-state index is -3.64. The van der Waals surface area contributed by atoms with Crippen molar-refractivity contribution in [2.24, 2.45) is 7.05 Å². The number of hydrogen-bond acceptors (Lipinski definition) is 5. The number of para-hydroxylation sites is 1. The number of benzene rings is 3. The van der Waals surface area contributed by atoms with Gasteiger partial charge in [0.1, 0.15) is 5.69 Å². The first-order chi connectivity index (χ1) is 18.2. The van der Waals surface area contributed by atoms with Gasteiger partial charge in [-0.1, -0.05) is 42.0 Å². The predicted octanol–water partition coefficient (Wildman–Crippen LogP) is 3.61. The van der Waals surface area contributed by atoms with Crippen LogP contribution in [0.15, 0.2) is 88.6 Å². The summed E-state index contributed by atoms with van der Waals surface area (Å²) >= 11 is 0. The second-order valence-electron chi connectivity index (χ2n) is 9.65. The van der Waals surface area contributed by atoms with Gasteiger partial charge in [-0.25, -0.2) is 8.42 Å². The third-order valence-corrected chi connectivity index (χ3v) is 8.38. The van der Waals surface area contributed by atoms with Crippen LogP contribution in [-0.4, -0.2) is 54.9 Å². The number of sulfonamides is 1. The zero-order valence-electron chi connectivity index (χ0n) is 21.4. The molecule has 4 aromatic rings. The Kier molecular flexibility index (Phi) is 7.05. The molecule has 1 aliphatic rings. The van der Waals surface area contributed by atoms with Gasteiger partial charge in [0.15, 0.2) is 5.43 Å². The largest absolute Gasteiger partial charge is 0.339 e. The number of hydrogen-bond donors (Lipinski definition) is 1. The number of fused-ring (bicyclic) bond motifs is 1. The molecule has 1 amide bonds. The number of amides is 1. The number of carbonyl (C=O) groups is 1. The maximum absolute atomic E-state index is 13.2. The minimum absolute atomic E-state index is 0.139. The lowest BCUT2D eigenvalue weighted by atomic mass is 10.1. The van der Waals surface area contributed by atoms with Crippen molar-refractivity contribution in [3.8, 4) is 0 Å². The normalized spacial score (nSPS) is 14.5. The summed E-state index contributed by atoms with van der Waals surface area (Å²) in [7, 11) is -1.83. The quantitative estimate of drug-likeness (QED) is 0.411. The van der Waals surface area contributed by atoms with Crippen LogP contribution < -0.4 is 10.2 Å². The highest BCUT2D eigenvalue weighted by atomic mass is 32.2. The van der Waals surface area contributed by atoms with Crippen molar-refractivity contribution in [1.29, 1.82) is 0 Å². The van der Waals surface area contributed by atoms with E-state index < -0.39 is 10.0 Å². The Balaban J connectivity index is 1.19. The standard InChI is InChI=1S/C29H30N4O4S/c1-21-7-13-24(14-8-21)38(36,37)30-23-11-9-22(10-12-23)20-32-15-17-33(18-16-32)29(35)27-19-28(34)25-5-3-4-6-26(25)31(27)2/h3-14,19,30H,15-18,20H2,1-2H3. The molecule has 0 atom stereocenters. The Morgan fingerprint density at radius 1 is 0.895 bits per heavy atom. The van der Waals surface area contributed by atoms with Crippen LogP contribution in [-0.2, 0) is 23.6 Å². The Bertz CT molecular complexity index is 1640. The molecule has 1 fully saturated rings. The molecule has 0 bridgehead atoms. The van der Waals surface area contributed by atoms with Crippen LogP contribution in [0.4, 0.5) is 5.69 Å². The Labute approximate surface area is 222 Å². The summed E-state index contributed by atoms with van der Waals surface area (Å²) in [4.78, 5) is 30.1. The van der Waals surface area contributed by atoms with Crippen LogP contribution in [0.5, 0.6) is 0 Å². The van der Waals surface area contributed by atoms with E-state index in [-0.39, 0.29) is 16.2 Å². The van der Waals surface area contributed by atoms with Gasteiger partial charge in [0.25, 0.3) is 15.9 Å². The van der Waals surface area contributed by atoms with Crippen molar-refractivity contribution >= 4 is 32.5 Å². The first-order valence-electron chi connectivity index (χ1n) is 12.5. The van der Waals surface area contributed by atoms with Gasteiger partial charge in [-0.2, -0.15) is 0 Å². The highest BCUT2D eigenvalue weighted by molar-refractivity contribution is 7.92. The molecule has 196 valence electrons. The van der Waals surface area contributed by atoms with Gasteiger partial charge in [0, 0.05) is 56.9 Å². The molecule has 8 nitrogen and oxygen atoms in total. The van der Waals surface area contributed by atoms with Gasteiger partial charge in [-0.15, -0.1) is 0 Å². The second-order valence-corrected chi connectivity index (χ2v) is 11.3. The van der Waals surface area contributed by atoms with Crippen LogP contribution in [0.1, 0.15) is 21.6 Å². The average molecular weight is 531 g/mol. The number of nitrogens with zero attached hydrogens (tertiary/aromatic N) is 3. The monoisotopic (exact) mass is 530 g/mol. The Hall–Kier alpha value is -3.95. The fourth-order valence-corrected chi connectivity index (χ4v) is 5.81. The van der Waals surface area contributed by atoms with Crippen molar-refractivity contribution in [3.05, 3.63) is 106 Å². The summed E-state index contributed by atoms with van der Waals surface area (Å²) in [6, 6.07) is 22.8. The predicted molar refractivity (Wildman–Crippen MR) is 149 cm³/mol. The molecule has 1 aliphatic heterocycles. The fourth-order valence-electron chi connectivity index (χ4n) is 4.75. The molecule has 2 heterocycles. The molecule has 1 aromatic heterocycles. The van der Waals surface area contributed by atoms with Gasteiger partial charge >= 0.3 is 0 Å². The summed E-state index contributed by atoms with van der Waals surface area (Å²) in [6.45, 7) is 5.14. The molecule has 1 saturated heterocycles. The van der Waals surface area contributed by atoms with Gasteiger partial charge < -0.3 is 9.47 Å². The number of anilines is 1. The number of aromatic nitrogens is 1. The summed E-state index contributed by atoms with van der Waals surface area (Å²) < 4.78 is 29.7. The van der Waals surface area contributed by atoms with Crippen LogP contribution in [0.25, 0.3) is 10.9 Å². The molecule has 9 heteroatoms.